The standard InChI is InChI=1S/C19H15F2N5/c1-11-7-17-14(9-15(11)21)18(23-19-24-22-10-26(17)19)25-6-2-3-12-4-5-13(20)8-16(12)25/h4-5,7-10H,2-3,6H2,1H3. The second-order valence-electron chi connectivity index (χ2n) is 6.58. The van der Waals surface area contributed by atoms with Crippen molar-refractivity contribution in [3.05, 3.63) is 59.4 Å². The van der Waals surface area contributed by atoms with Gasteiger partial charge < -0.3 is 4.90 Å². The van der Waals surface area contributed by atoms with E-state index in [2.05, 4.69) is 15.2 Å². The molecule has 0 radical (unpaired) electrons. The van der Waals surface area contributed by atoms with E-state index in [-0.39, 0.29) is 11.6 Å². The third-order valence-corrected chi connectivity index (χ3v) is 4.93. The lowest BCUT2D eigenvalue weighted by Gasteiger charge is -2.31. The molecule has 0 bridgehead atoms. The van der Waals surface area contributed by atoms with Crippen LogP contribution in [0.25, 0.3) is 16.7 Å². The van der Waals surface area contributed by atoms with Crippen molar-refractivity contribution in [1.29, 1.82) is 0 Å². The number of hydrogen-bond donors (Lipinski definition) is 0. The van der Waals surface area contributed by atoms with Crippen LogP contribution in [0.5, 0.6) is 0 Å². The van der Waals surface area contributed by atoms with E-state index in [9.17, 15) is 8.78 Å². The van der Waals surface area contributed by atoms with Gasteiger partial charge >= 0.3 is 0 Å². The number of hydrogen-bond acceptors (Lipinski definition) is 4. The summed E-state index contributed by atoms with van der Waals surface area (Å²) in [4.78, 5) is 6.56. The van der Waals surface area contributed by atoms with Gasteiger partial charge in [-0.05, 0) is 55.2 Å². The second-order valence-corrected chi connectivity index (χ2v) is 6.58. The van der Waals surface area contributed by atoms with E-state index >= 15 is 0 Å². The van der Waals surface area contributed by atoms with Crippen molar-refractivity contribution in [2.75, 3.05) is 11.4 Å². The molecule has 0 saturated heterocycles. The Labute approximate surface area is 147 Å². The first-order valence-corrected chi connectivity index (χ1v) is 8.47. The molecule has 0 N–H and O–H groups in total. The first-order chi connectivity index (χ1) is 12.6. The number of aryl methyl sites for hydroxylation is 2. The van der Waals surface area contributed by atoms with Gasteiger partial charge in [-0.3, -0.25) is 4.40 Å². The molecule has 3 heterocycles. The molecule has 0 saturated carbocycles. The fourth-order valence-corrected chi connectivity index (χ4v) is 3.65. The molecule has 5 rings (SSSR count). The van der Waals surface area contributed by atoms with E-state index in [1.165, 1.54) is 18.2 Å². The fraction of sp³-hybridized carbons (Fsp3) is 0.211. The normalized spacial score (nSPS) is 14.2. The van der Waals surface area contributed by atoms with Gasteiger partial charge in [0, 0.05) is 17.6 Å². The highest BCUT2D eigenvalue weighted by Gasteiger charge is 2.23. The fourth-order valence-electron chi connectivity index (χ4n) is 3.65. The highest BCUT2D eigenvalue weighted by molar-refractivity contribution is 5.94. The van der Waals surface area contributed by atoms with Crippen LogP contribution in [0, 0.1) is 18.6 Å². The molecule has 0 unspecified atom stereocenters. The minimum absolute atomic E-state index is 0.300. The van der Waals surface area contributed by atoms with Gasteiger partial charge in [0.05, 0.1) is 5.52 Å². The molecule has 0 aliphatic carbocycles. The lowest BCUT2D eigenvalue weighted by molar-refractivity contribution is 0.620. The van der Waals surface area contributed by atoms with Crippen LogP contribution < -0.4 is 4.90 Å². The smallest absolute Gasteiger partial charge is 0.257 e. The Bertz CT molecular complexity index is 1170. The summed E-state index contributed by atoms with van der Waals surface area (Å²) in [6.07, 6.45) is 3.36. The molecule has 7 heteroatoms. The molecule has 0 atom stereocenters. The van der Waals surface area contributed by atoms with Gasteiger partial charge in [-0.2, -0.15) is 4.98 Å². The minimum Gasteiger partial charge on any atom is -0.325 e. The highest BCUT2D eigenvalue weighted by Crippen LogP contribution is 2.37. The van der Waals surface area contributed by atoms with Crippen molar-refractivity contribution in [1.82, 2.24) is 19.6 Å². The van der Waals surface area contributed by atoms with E-state index in [0.717, 1.165) is 29.6 Å². The Hall–Kier alpha value is -3.09. The molecule has 0 amide bonds. The zero-order valence-corrected chi connectivity index (χ0v) is 14.1. The van der Waals surface area contributed by atoms with Gasteiger partial charge in [0.1, 0.15) is 23.8 Å². The van der Waals surface area contributed by atoms with Crippen molar-refractivity contribution in [3.8, 4) is 0 Å². The lowest BCUT2D eigenvalue weighted by atomic mass is 10.0. The Morgan fingerprint density at radius 2 is 2.00 bits per heavy atom. The van der Waals surface area contributed by atoms with Crippen molar-refractivity contribution in [2.24, 2.45) is 0 Å². The molecular formula is C19H15F2N5. The SMILES string of the molecule is Cc1cc2c(cc1F)c(N1CCCc3ccc(F)cc31)nc1nncn12. The third-order valence-electron chi connectivity index (χ3n) is 4.93. The molecule has 4 aromatic rings. The Kier molecular flexibility index (Phi) is 3.19. The maximum atomic E-state index is 14.3. The van der Waals surface area contributed by atoms with Gasteiger partial charge in [0.15, 0.2) is 0 Å². The first kappa shape index (κ1) is 15.2. The summed E-state index contributed by atoms with van der Waals surface area (Å²) >= 11 is 0. The molecular weight excluding hydrogens is 336 g/mol. The number of fused-ring (bicyclic) bond motifs is 4. The Balaban J connectivity index is 1.84. The minimum atomic E-state index is -0.301. The number of rotatable bonds is 1. The summed E-state index contributed by atoms with van der Waals surface area (Å²) in [5, 5.41) is 8.63. The van der Waals surface area contributed by atoms with Crippen LogP contribution in [-0.4, -0.2) is 26.1 Å². The van der Waals surface area contributed by atoms with Crippen LogP contribution in [0.1, 0.15) is 17.5 Å². The summed E-state index contributed by atoms with van der Waals surface area (Å²) in [5.74, 6) is 0.406. The Morgan fingerprint density at radius 3 is 2.88 bits per heavy atom. The van der Waals surface area contributed by atoms with E-state index < -0.39 is 0 Å². The van der Waals surface area contributed by atoms with Crippen LogP contribution in [0.2, 0.25) is 0 Å². The van der Waals surface area contributed by atoms with Crippen molar-refractivity contribution in [2.45, 2.75) is 19.8 Å². The van der Waals surface area contributed by atoms with E-state index in [4.69, 9.17) is 0 Å². The first-order valence-electron chi connectivity index (χ1n) is 8.47. The number of aromatic nitrogens is 4. The quantitative estimate of drug-likeness (QED) is 0.521. The van der Waals surface area contributed by atoms with E-state index in [0.29, 0.717) is 29.1 Å². The molecule has 0 spiro atoms. The number of anilines is 2. The highest BCUT2D eigenvalue weighted by atomic mass is 19.1. The largest absolute Gasteiger partial charge is 0.325 e. The van der Waals surface area contributed by atoms with Crippen LogP contribution in [0.15, 0.2) is 36.7 Å². The molecule has 2 aromatic heterocycles. The van der Waals surface area contributed by atoms with Gasteiger partial charge in [-0.15, -0.1) is 10.2 Å². The monoisotopic (exact) mass is 351 g/mol. The molecule has 2 aromatic carbocycles. The summed E-state index contributed by atoms with van der Waals surface area (Å²) in [7, 11) is 0. The molecule has 130 valence electrons. The van der Waals surface area contributed by atoms with Crippen LogP contribution in [-0.2, 0) is 6.42 Å². The van der Waals surface area contributed by atoms with Crippen LogP contribution in [0.3, 0.4) is 0 Å². The van der Waals surface area contributed by atoms with Crippen LogP contribution >= 0.6 is 0 Å². The van der Waals surface area contributed by atoms with Crippen molar-refractivity contribution < 1.29 is 8.78 Å². The zero-order chi connectivity index (χ0) is 17.8. The van der Waals surface area contributed by atoms with Gasteiger partial charge in [0.2, 0.25) is 0 Å². The van der Waals surface area contributed by atoms with Gasteiger partial charge in [0.25, 0.3) is 5.78 Å². The van der Waals surface area contributed by atoms with E-state index in [1.54, 1.807) is 29.8 Å². The summed E-state index contributed by atoms with van der Waals surface area (Å²) < 4.78 is 30.0. The molecule has 1 aliphatic heterocycles. The average molecular weight is 351 g/mol. The molecule has 5 nitrogen and oxygen atoms in total. The number of halogens is 2. The van der Waals surface area contributed by atoms with Crippen LogP contribution in [0.4, 0.5) is 20.3 Å². The van der Waals surface area contributed by atoms with Gasteiger partial charge in [-0.1, -0.05) is 6.07 Å². The zero-order valence-electron chi connectivity index (χ0n) is 14.1. The lowest BCUT2D eigenvalue weighted by Crippen LogP contribution is -2.26. The maximum absolute atomic E-state index is 14.3. The molecule has 1 aliphatic rings. The maximum Gasteiger partial charge on any atom is 0.257 e. The molecule has 0 fully saturated rings. The summed E-state index contributed by atoms with van der Waals surface area (Å²) in [6.45, 7) is 2.40. The number of nitrogens with zero attached hydrogens (tertiary/aromatic N) is 5. The van der Waals surface area contributed by atoms with Gasteiger partial charge in [-0.25, -0.2) is 8.78 Å². The molecule has 26 heavy (non-hydrogen) atoms. The second kappa shape index (κ2) is 5.45. The van der Waals surface area contributed by atoms with E-state index in [1.807, 2.05) is 4.90 Å². The predicted octanol–water partition coefficient (Wildman–Crippen LogP) is 3.95. The average Bonchev–Trinajstić information content (AvgIpc) is 3.10. The topological polar surface area (TPSA) is 46.3 Å². The summed E-state index contributed by atoms with van der Waals surface area (Å²) in [5.41, 5.74) is 3.14. The van der Waals surface area contributed by atoms with Crippen molar-refractivity contribution in [3.63, 3.8) is 0 Å². The third kappa shape index (κ3) is 2.16. The Morgan fingerprint density at radius 1 is 1.12 bits per heavy atom. The van der Waals surface area contributed by atoms with Crippen molar-refractivity contribution >= 4 is 28.2 Å². The number of benzene rings is 2. The summed E-state index contributed by atoms with van der Waals surface area (Å²) in [6, 6.07) is 8.04. The predicted molar refractivity (Wildman–Crippen MR) is 94.7 cm³/mol.